The Bertz CT molecular complexity index is 559. The summed E-state index contributed by atoms with van der Waals surface area (Å²) in [6.07, 6.45) is 0.875. The van der Waals surface area contributed by atoms with E-state index in [0.717, 1.165) is 17.0 Å². The molecule has 0 atom stereocenters. The second-order valence-electron chi connectivity index (χ2n) is 3.97. The second-order valence-corrected chi connectivity index (χ2v) is 4.91. The lowest BCUT2D eigenvalue weighted by atomic mass is 10.4. The van der Waals surface area contributed by atoms with Gasteiger partial charge in [0.2, 0.25) is 11.9 Å². The van der Waals surface area contributed by atoms with Gasteiger partial charge in [0.15, 0.2) is 0 Å². The molecule has 2 aromatic rings. The summed E-state index contributed by atoms with van der Waals surface area (Å²) in [5, 5.41) is 3.11. The average molecular weight is 295 g/mol. The van der Waals surface area contributed by atoms with Crippen LogP contribution in [0.3, 0.4) is 0 Å². The van der Waals surface area contributed by atoms with Gasteiger partial charge in [-0.25, -0.2) is 10.8 Å². The van der Waals surface area contributed by atoms with Crippen molar-refractivity contribution >= 4 is 23.2 Å². The number of nitrogens with one attached hydrogen (secondary N) is 2. The molecule has 2 rings (SSSR count). The Morgan fingerprint density at radius 2 is 2.10 bits per heavy atom. The van der Waals surface area contributed by atoms with E-state index >= 15 is 0 Å². The van der Waals surface area contributed by atoms with Crippen LogP contribution in [-0.2, 0) is 6.54 Å². The minimum atomic E-state index is 0.248. The molecule has 0 aliphatic heterocycles. The van der Waals surface area contributed by atoms with Crippen molar-refractivity contribution in [1.29, 1.82) is 0 Å². The van der Waals surface area contributed by atoms with Gasteiger partial charge in [0.1, 0.15) is 0 Å². The zero-order valence-corrected chi connectivity index (χ0v) is 12.2. The van der Waals surface area contributed by atoms with Gasteiger partial charge >= 0.3 is 6.01 Å². The topological polar surface area (TPSA) is 111 Å². The first kappa shape index (κ1) is 14.4. The van der Waals surface area contributed by atoms with Gasteiger partial charge < -0.3 is 10.1 Å². The number of anilines is 2. The lowest BCUT2D eigenvalue weighted by Gasteiger charge is -2.08. The third kappa shape index (κ3) is 3.75. The number of hydrazine groups is 1. The highest BCUT2D eigenvalue weighted by Crippen LogP contribution is 2.15. The summed E-state index contributed by atoms with van der Waals surface area (Å²) < 4.78 is 5.39. The van der Waals surface area contributed by atoms with Crippen LogP contribution in [-0.4, -0.2) is 26.5 Å². The Hall–Kier alpha value is -2.00. The molecule has 0 amide bonds. The molecule has 0 aromatic carbocycles. The molecular formula is C11H17N7OS. The van der Waals surface area contributed by atoms with E-state index in [-0.39, 0.29) is 12.0 Å². The summed E-state index contributed by atoms with van der Waals surface area (Å²) in [7, 11) is 0. The largest absolute Gasteiger partial charge is 0.463 e. The fourth-order valence-electron chi connectivity index (χ4n) is 1.41. The van der Waals surface area contributed by atoms with Crippen LogP contribution in [0.4, 0.5) is 11.9 Å². The molecule has 4 N–H and O–H groups in total. The first-order valence-corrected chi connectivity index (χ1v) is 7.09. The molecule has 0 unspecified atom stereocenters. The van der Waals surface area contributed by atoms with Crippen LogP contribution in [0.15, 0.2) is 5.51 Å². The Morgan fingerprint density at radius 1 is 1.30 bits per heavy atom. The number of nitrogens with two attached hydrogens (primary N) is 1. The van der Waals surface area contributed by atoms with Crippen LogP contribution >= 0.6 is 11.3 Å². The Labute approximate surface area is 120 Å². The summed E-state index contributed by atoms with van der Waals surface area (Å²) in [5.74, 6) is 6.01. The molecule has 0 aliphatic carbocycles. The number of rotatable bonds is 7. The second kappa shape index (κ2) is 6.96. The molecule has 0 saturated carbocycles. The van der Waals surface area contributed by atoms with Gasteiger partial charge in [-0.2, -0.15) is 15.0 Å². The fraction of sp³-hybridized carbons (Fsp3) is 0.455. The van der Waals surface area contributed by atoms with Crippen molar-refractivity contribution in [1.82, 2.24) is 19.9 Å². The number of ether oxygens (including phenoxy) is 1. The van der Waals surface area contributed by atoms with Crippen molar-refractivity contribution in [3.05, 3.63) is 16.1 Å². The summed E-state index contributed by atoms with van der Waals surface area (Å²) >= 11 is 1.58. The smallest absolute Gasteiger partial charge is 0.323 e. The Kier molecular flexibility index (Phi) is 5.02. The number of hydrogen-bond acceptors (Lipinski definition) is 9. The number of nitrogens with zero attached hydrogens (tertiary/aromatic N) is 4. The fourth-order valence-corrected chi connectivity index (χ4v) is 2.13. The first-order chi connectivity index (χ1) is 9.72. The zero-order chi connectivity index (χ0) is 14.4. The molecule has 9 heteroatoms. The monoisotopic (exact) mass is 295 g/mol. The zero-order valence-electron chi connectivity index (χ0n) is 11.4. The molecule has 0 fully saturated rings. The lowest BCUT2D eigenvalue weighted by Crippen LogP contribution is -2.14. The third-order valence-corrected chi connectivity index (χ3v) is 3.37. The molecule has 0 bridgehead atoms. The lowest BCUT2D eigenvalue weighted by molar-refractivity contribution is 0.292. The van der Waals surface area contributed by atoms with Gasteiger partial charge in [-0.3, -0.25) is 5.43 Å². The van der Waals surface area contributed by atoms with Crippen molar-refractivity contribution in [3.63, 3.8) is 0 Å². The van der Waals surface area contributed by atoms with E-state index < -0.39 is 0 Å². The maximum Gasteiger partial charge on any atom is 0.323 e. The van der Waals surface area contributed by atoms with Crippen molar-refractivity contribution in [2.45, 2.75) is 26.8 Å². The summed E-state index contributed by atoms with van der Waals surface area (Å²) in [6.45, 7) is 5.11. The molecule has 108 valence electrons. The van der Waals surface area contributed by atoms with Crippen LogP contribution in [0.25, 0.3) is 0 Å². The van der Waals surface area contributed by atoms with Crippen LogP contribution in [0.5, 0.6) is 6.01 Å². The highest BCUT2D eigenvalue weighted by Gasteiger charge is 2.08. The van der Waals surface area contributed by atoms with E-state index in [1.54, 1.807) is 11.3 Å². The molecule has 0 radical (unpaired) electrons. The van der Waals surface area contributed by atoms with Gasteiger partial charge in [-0.05, 0) is 13.3 Å². The van der Waals surface area contributed by atoms with E-state index in [2.05, 4.69) is 30.7 Å². The molecule has 0 saturated heterocycles. The van der Waals surface area contributed by atoms with Crippen LogP contribution in [0.2, 0.25) is 0 Å². The number of aromatic nitrogens is 4. The van der Waals surface area contributed by atoms with Gasteiger partial charge in [-0.1, -0.05) is 6.92 Å². The van der Waals surface area contributed by atoms with Crippen molar-refractivity contribution in [3.8, 4) is 6.01 Å². The highest BCUT2D eigenvalue weighted by molar-refractivity contribution is 7.09. The molecular weight excluding hydrogens is 278 g/mol. The van der Waals surface area contributed by atoms with Crippen LogP contribution in [0, 0.1) is 6.92 Å². The van der Waals surface area contributed by atoms with E-state index in [0.29, 0.717) is 19.1 Å². The average Bonchev–Trinajstić information content (AvgIpc) is 2.88. The highest BCUT2D eigenvalue weighted by atomic mass is 32.1. The number of aryl methyl sites for hydroxylation is 1. The van der Waals surface area contributed by atoms with Crippen molar-refractivity contribution in [2.75, 3.05) is 17.3 Å². The van der Waals surface area contributed by atoms with Crippen LogP contribution in [0.1, 0.15) is 23.9 Å². The van der Waals surface area contributed by atoms with Gasteiger partial charge in [0.05, 0.1) is 24.4 Å². The van der Waals surface area contributed by atoms with Gasteiger partial charge in [0, 0.05) is 4.88 Å². The van der Waals surface area contributed by atoms with Crippen molar-refractivity contribution < 1.29 is 4.74 Å². The third-order valence-electron chi connectivity index (χ3n) is 2.43. The first-order valence-electron chi connectivity index (χ1n) is 6.21. The SMILES string of the molecule is CCCOc1nc(NN)nc(NCc2scnc2C)n1. The predicted molar refractivity (Wildman–Crippen MR) is 77.6 cm³/mol. The van der Waals surface area contributed by atoms with Gasteiger partial charge in [-0.15, -0.1) is 11.3 Å². The molecule has 0 aliphatic rings. The van der Waals surface area contributed by atoms with E-state index in [1.807, 2.05) is 19.4 Å². The van der Waals surface area contributed by atoms with E-state index in [4.69, 9.17) is 10.6 Å². The maximum absolute atomic E-state index is 5.39. The minimum Gasteiger partial charge on any atom is -0.463 e. The predicted octanol–water partition coefficient (Wildman–Crippen LogP) is 1.32. The molecule has 20 heavy (non-hydrogen) atoms. The molecule has 8 nitrogen and oxygen atoms in total. The molecule has 2 aromatic heterocycles. The number of nitrogen functional groups attached to an aromatic ring is 1. The van der Waals surface area contributed by atoms with Crippen molar-refractivity contribution in [2.24, 2.45) is 5.84 Å². The summed E-state index contributed by atoms with van der Waals surface area (Å²) in [6, 6.07) is 0.248. The Balaban J connectivity index is 2.07. The van der Waals surface area contributed by atoms with Crippen LogP contribution < -0.4 is 21.3 Å². The normalized spacial score (nSPS) is 10.3. The number of thiazole rings is 1. The Morgan fingerprint density at radius 3 is 2.75 bits per heavy atom. The molecule has 0 spiro atoms. The van der Waals surface area contributed by atoms with E-state index in [9.17, 15) is 0 Å². The molecule has 2 heterocycles. The maximum atomic E-state index is 5.39. The summed E-state index contributed by atoms with van der Waals surface area (Å²) in [5.41, 5.74) is 5.20. The van der Waals surface area contributed by atoms with E-state index in [1.165, 1.54) is 0 Å². The number of hydrogen-bond donors (Lipinski definition) is 3. The van der Waals surface area contributed by atoms with Gasteiger partial charge in [0.25, 0.3) is 0 Å². The summed E-state index contributed by atoms with van der Waals surface area (Å²) in [4.78, 5) is 17.6. The quantitative estimate of drug-likeness (QED) is 0.518. The standard InChI is InChI=1S/C11H17N7OS/c1-3-4-19-11-16-9(15-10(17-11)18-12)13-5-8-7(2)14-6-20-8/h6H,3-5,12H2,1-2H3,(H2,13,15,16,17,18). The minimum absolute atomic E-state index is 0.248.